The molecule has 96 valence electrons. The van der Waals surface area contributed by atoms with Crippen molar-refractivity contribution in [1.29, 1.82) is 0 Å². The Morgan fingerprint density at radius 1 is 1.35 bits per heavy atom. The van der Waals surface area contributed by atoms with Gasteiger partial charge < -0.3 is 10.1 Å². The van der Waals surface area contributed by atoms with Crippen LogP contribution in [-0.2, 0) is 4.74 Å². The first-order valence-corrected chi connectivity index (χ1v) is 7.55. The SMILES string of the molecule is COCCNCCCCSc1ccc(Br)cn1. The summed E-state index contributed by atoms with van der Waals surface area (Å²) in [4.78, 5) is 4.32. The van der Waals surface area contributed by atoms with Gasteiger partial charge in [0, 0.05) is 24.3 Å². The Bertz CT molecular complexity index is 295. The second-order valence-electron chi connectivity index (χ2n) is 3.61. The molecular formula is C12H19BrN2OS. The van der Waals surface area contributed by atoms with E-state index in [-0.39, 0.29) is 0 Å². The standard InChI is InChI=1S/C12H19BrN2OS/c1-16-8-7-14-6-2-3-9-17-12-5-4-11(13)10-15-12/h4-5,10,14H,2-3,6-9H2,1H3. The van der Waals surface area contributed by atoms with Gasteiger partial charge in [-0.15, -0.1) is 11.8 Å². The number of ether oxygens (including phenoxy) is 1. The zero-order valence-electron chi connectivity index (χ0n) is 10.1. The Labute approximate surface area is 116 Å². The molecule has 0 spiro atoms. The molecule has 1 heterocycles. The van der Waals surface area contributed by atoms with Gasteiger partial charge in [-0.25, -0.2) is 4.98 Å². The molecule has 0 atom stereocenters. The summed E-state index contributed by atoms with van der Waals surface area (Å²) >= 11 is 5.19. The van der Waals surface area contributed by atoms with Gasteiger partial charge in [0.25, 0.3) is 0 Å². The van der Waals surface area contributed by atoms with E-state index in [1.807, 2.05) is 30.1 Å². The van der Waals surface area contributed by atoms with Crippen LogP contribution in [0.1, 0.15) is 12.8 Å². The van der Waals surface area contributed by atoms with Crippen molar-refractivity contribution in [2.75, 3.05) is 32.6 Å². The number of pyridine rings is 1. The van der Waals surface area contributed by atoms with E-state index in [1.54, 1.807) is 7.11 Å². The maximum atomic E-state index is 4.96. The molecular weight excluding hydrogens is 300 g/mol. The molecule has 0 amide bonds. The van der Waals surface area contributed by atoms with Crippen LogP contribution in [0.2, 0.25) is 0 Å². The first-order valence-electron chi connectivity index (χ1n) is 5.77. The van der Waals surface area contributed by atoms with Crippen LogP contribution >= 0.6 is 27.7 Å². The van der Waals surface area contributed by atoms with Crippen LogP contribution in [-0.4, -0.2) is 37.5 Å². The highest BCUT2D eigenvalue weighted by molar-refractivity contribution is 9.10. The smallest absolute Gasteiger partial charge is 0.0960 e. The predicted octanol–water partition coefficient (Wildman–Crippen LogP) is 2.95. The van der Waals surface area contributed by atoms with Crippen LogP contribution in [0.3, 0.4) is 0 Å². The first-order chi connectivity index (χ1) is 8.33. The Morgan fingerprint density at radius 2 is 2.24 bits per heavy atom. The van der Waals surface area contributed by atoms with Crippen molar-refractivity contribution in [3.05, 3.63) is 22.8 Å². The summed E-state index contributed by atoms with van der Waals surface area (Å²) in [5.74, 6) is 1.13. The normalized spacial score (nSPS) is 10.7. The zero-order valence-corrected chi connectivity index (χ0v) is 12.5. The number of hydrogen-bond donors (Lipinski definition) is 1. The van der Waals surface area contributed by atoms with E-state index in [0.717, 1.165) is 34.9 Å². The molecule has 1 N–H and O–H groups in total. The first kappa shape index (κ1) is 15.0. The fraction of sp³-hybridized carbons (Fsp3) is 0.583. The Morgan fingerprint density at radius 3 is 2.94 bits per heavy atom. The van der Waals surface area contributed by atoms with Crippen molar-refractivity contribution >= 4 is 27.7 Å². The second kappa shape index (κ2) is 9.88. The second-order valence-corrected chi connectivity index (χ2v) is 5.64. The zero-order chi connectivity index (χ0) is 12.3. The highest BCUT2D eigenvalue weighted by Crippen LogP contribution is 2.18. The molecule has 0 aliphatic heterocycles. The van der Waals surface area contributed by atoms with Gasteiger partial charge >= 0.3 is 0 Å². The Kier molecular flexibility index (Phi) is 8.70. The fourth-order valence-corrected chi connectivity index (χ4v) is 2.36. The van der Waals surface area contributed by atoms with Gasteiger partial charge in [-0.05, 0) is 53.2 Å². The molecule has 0 radical (unpaired) electrons. The highest BCUT2D eigenvalue weighted by Gasteiger charge is 1.95. The molecule has 0 aromatic carbocycles. The number of thioether (sulfide) groups is 1. The molecule has 5 heteroatoms. The maximum absolute atomic E-state index is 4.96. The van der Waals surface area contributed by atoms with Crippen molar-refractivity contribution in [3.8, 4) is 0 Å². The summed E-state index contributed by atoms with van der Waals surface area (Å²) in [6.07, 6.45) is 4.25. The van der Waals surface area contributed by atoms with Gasteiger partial charge in [-0.1, -0.05) is 0 Å². The number of halogens is 1. The lowest BCUT2D eigenvalue weighted by Gasteiger charge is -2.04. The molecule has 1 aromatic heterocycles. The summed E-state index contributed by atoms with van der Waals surface area (Å²) in [7, 11) is 1.73. The van der Waals surface area contributed by atoms with E-state index in [2.05, 4.69) is 26.2 Å². The van der Waals surface area contributed by atoms with Crippen molar-refractivity contribution in [2.24, 2.45) is 0 Å². The summed E-state index contributed by atoms with van der Waals surface area (Å²) in [5.41, 5.74) is 0. The molecule has 1 aromatic rings. The fourth-order valence-electron chi connectivity index (χ4n) is 1.28. The van der Waals surface area contributed by atoms with Gasteiger partial charge in [0.2, 0.25) is 0 Å². The third kappa shape index (κ3) is 7.76. The minimum atomic E-state index is 0.789. The Hall–Kier alpha value is -0.100. The lowest BCUT2D eigenvalue weighted by atomic mass is 10.3. The van der Waals surface area contributed by atoms with Gasteiger partial charge in [0.15, 0.2) is 0 Å². The molecule has 0 saturated heterocycles. The molecule has 0 aliphatic rings. The molecule has 0 saturated carbocycles. The van der Waals surface area contributed by atoms with Crippen molar-refractivity contribution < 1.29 is 4.74 Å². The third-order valence-corrected chi connectivity index (χ3v) is 3.68. The molecule has 0 unspecified atom stereocenters. The average Bonchev–Trinajstić information content (AvgIpc) is 2.35. The van der Waals surface area contributed by atoms with Crippen LogP contribution in [0, 0.1) is 0 Å². The number of nitrogens with one attached hydrogen (secondary N) is 1. The lowest BCUT2D eigenvalue weighted by molar-refractivity contribution is 0.199. The largest absolute Gasteiger partial charge is 0.383 e. The molecule has 0 bridgehead atoms. The van der Waals surface area contributed by atoms with Crippen molar-refractivity contribution in [1.82, 2.24) is 10.3 Å². The van der Waals surface area contributed by atoms with Gasteiger partial charge in [-0.2, -0.15) is 0 Å². The van der Waals surface area contributed by atoms with Crippen LogP contribution in [0.4, 0.5) is 0 Å². The van der Waals surface area contributed by atoms with Crippen LogP contribution in [0.5, 0.6) is 0 Å². The number of methoxy groups -OCH3 is 1. The molecule has 0 fully saturated rings. The van der Waals surface area contributed by atoms with Crippen LogP contribution in [0.15, 0.2) is 27.8 Å². The quantitative estimate of drug-likeness (QED) is 0.560. The van der Waals surface area contributed by atoms with Gasteiger partial charge in [0.1, 0.15) is 0 Å². The van der Waals surface area contributed by atoms with Crippen molar-refractivity contribution in [3.63, 3.8) is 0 Å². The predicted molar refractivity (Wildman–Crippen MR) is 76.6 cm³/mol. The minimum absolute atomic E-state index is 0.789. The van der Waals surface area contributed by atoms with Gasteiger partial charge in [-0.3, -0.25) is 0 Å². The average molecular weight is 319 g/mol. The molecule has 17 heavy (non-hydrogen) atoms. The van der Waals surface area contributed by atoms with E-state index in [1.165, 1.54) is 12.8 Å². The number of nitrogens with zero attached hydrogens (tertiary/aromatic N) is 1. The Balaban J connectivity index is 1.95. The lowest BCUT2D eigenvalue weighted by Crippen LogP contribution is -2.20. The minimum Gasteiger partial charge on any atom is -0.383 e. The summed E-state index contributed by atoms with van der Waals surface area (Å²) in [6.45, 7) is 2.80. The van der Waals surface area contributed by atoms with Crippen molar-refractivity contribution in [2.45, 2.75) is 17.9 Å². The molecule has 1 rings (SSSR count). The van der Waals surface area contributed by atoms with Crippen LogP contribution < -0.4 is 5.32 Å². The van der Waals surface area contributed by atoms with E-state index in [4.69, 9.17) is 4.74 Å². The van der Waals surface area contributed by atoms with Crippen LogP contribution in [0.25, 0.3) is 0 Å². The maximum Gasteiger partial charge on any atom is 0.0960 e. The molecule has 0 aliphatic carbocycles. The van der Waals surface area contributed by atoms with E-state index in [9.17, 15) is 0 Å². The van der Waals surface area contributed by atoms with E-state index in [0.29, 0.717) is 0 Å². The number of rotatable bonds is 9. The van der Waals surface area contributed by atoms with E-state index >= 15 is 0 Å². The third-order valence-electron chi connectivity index (χ3n) is 2.18. The number of aromatic nitrogens is 1. The molecule has 3 nitrogen and oxygen atoms in total. The highest BCUT2D eigenvalue weighted by atomic mass is 79.9. The number of hydrogen-bond acceptors (Lipinski definition) is 4. The monoisotopic (exact) mass is 318 g/mol. The summed E-state index contributed by atoms with van der Waals surface area (Å²) < 4.78 is 5.99. The summed E-state index contributed by atoms with van der Waals surface area (Å²) in [6, 6.07) is 4.08. The van der Waals surface area contributed by atoms with Gasteiger partial charge in [0.05, 0.1) is 11.6 Å². The number of unbranched alkanes of at least 4 members (excludes halogenated alkanes) is 1. The topological polar surface area (TPSA) is 34.1 Å². The summed E-state index contributed by atoms with van der Waals surface area (Å²) in [5, 5.41) is 4.43. The van der Waals surface area contributed by atoms with E-state index < -0.39 is 0 Å².